The van der Waals surface area contributed by atoms with Gasteiger partial charge in [-0.15, -0.1) is 11.3 Å². The molecule has 2 aromatic rings. The summed E-state index contributed by atoms with van der Waals surface area (Å²) in [6.45, 7) is 3.49. The quantitative estimate of drug-likeness (QED) is 0.670. The summed E-state index contributed by atoms with van der Waals surface area (Å²) in [5.74, 6) is 1.78. The van der Waals surface area contributed by atoms with Gasteiger partial charge in [0.2, 0.25) is 0 Å². The van der Waals surface area contributed by atoms with E-state index < -0.39 is 0 Å². The van der Waals surface area contributed by atoms with Crippen molar-refractivity contribution in [3.05, 3.63) is 45.9 Å². The fourth-order valence-electron chi connectivity index (χ4n) is 2.46. The number of rotatable bonds is 4. The monoisotopic (exact) mass is 316 g/mol. The molecular formula is C16H20N4OS. The van der Waals surface area contributed by atoms with Gasteiger partial charge in [-0.25, -0.2) is 4.98 Å². The first-order valence-corrected chi connectivity index (χ1v) is 8.22. The van der Waals surface area contributed by atoms with Crippen LogP contribution in [0.2, 0.25) is 0 Å². The van der Waals surface area contributed by atoms with Crippen molar-refractivity contribution < 1.29 is 4.74 Å². The Labute approximate surface area is 134 Å². The molecule has 1 atom stereocenters. The van der Waals surface area contributed by atoms with Crippen LogP contribution >= 0.6 is 11.3 Å². The van der Waals surface area contributed by atoms with E-state index in [4.69, 9.17) is 4.74 Å². The molecule has 22 heavy (non-hydrogen) atoms. The van der Waals surface area contributed by atoms with Crippen LogP contribution in [0.15, 0.2) is 34.8 Å². The first-order valence-electron chi connectivity index (χ1n) is 7.34. The van der Waals surface area contributed by atoms with Crippen LogP contribution < -0.4 is 15.4 Å². The molecule has 6 heteroatoms. The fourth-order valence-corrected chi connectivity index (χ4v) is 3.18. The Bertz CT molecular complexity index is 643. The molecule has 0 fully saturated rings. The maximum absolute atomic E-state index is 5.92. The van der Waals surface area contributed by atoms with E-state index >= 15 is 0 Å². The number of aromatic nitrogens is 1. The Morgan fingerprint density at radius 1 is 1.41 bits per heavy atom. The minimum absolute atomic E-state index is 0.154. The van der Waals surface area contributed by atoms with Gasteiger partial charge >= 0.3 is 0 Å². The molecule has 0 spiro atoms. The lowest BCUT2D eigenvalue weighted by atomic mass is 10.1. The van der Waals surface area contributed by atoms with Gasteiger partial charge in [0.05, 0.1) is 24.3 Å². The van der Waals surface area contributed by atoms with Gasteiger partial charge in [0.15, 0.2) is 5.96 Å². The van der Waals surface area contributed by atoms with Crippen LogP contribution in [-0.2, 0) is 13.0 Å². The molecule has 1 aromatic carbocycles. The van der Waals surface area contributed by atoms with E-state index in [1.807, 2.05) is 24.6 Å². The lowest BCUT2D eigenvalue weighted by Crippen LogP contribution is -2.41. The van der Waals surface area contributed by atoms with Crippen LogP contribution in [0.1, 0.15) is 16.1 Å². The summed E-state index contributed by atoms with van der Waals surface area (Å²) in [6.07, 6.45) is 1.09. The van der Waals surface area contributed by atoms with Gasteiger partial charge < -0.3 is 15.4 Å². The highest BCUT2D eigenvalue weighted by atomic mass is 32.1. The Balaban J connectivity index is 1.47. The number of guanidine groups is 1. The van der Waals surface area contributed by atoms with Crippen LogP contribution in [0.4, 0.5) is 0 Å². The van der Waals surface area contributed by atoms with Crippen LogP contribution in [-0.4, -0.2) is 30.6 Å². The van der Waals surface area contributed by atoms with Crippen molar-refractivity contribution in [2.75, 3.05) is 13.6 Å². The molecule has 5 nitrogen and oxygen atoms in total. The molecule has 0 amide bonds. The van der Waals surface area contributed by atoms with Crippen LogP contribution in [0.3, 0.4) is 0 Å². The zero-order valence-electron chi connectivity index (χ0n) is 12.8. The maximum atomic E-state index is 5.92. The number of aryl methyl sites for hydroxylation is 1. The molecular weight excluding hydrogens is 296 g/mol. The summed E-state index contributed by atoms with van der Waals surface area (Å²) >= 11 is 1.66. The van der Waals surface area contributed by atoms with Gasteiger partial charge in [0, 0.05) is 18.3 Å². The Hall–Kier alpha value is -2.08. The predicted molar refractivity (Wildman–Crippen MR) is 89.6 cm³/mol. The number of ether oxygens (including phenoxy) is 1. The molecule has 1 aliphatic rings. The third kappa shape index (κ3) is 3.39. The van der Waals surface area contributed by atoms with E-state index in [2.05, 4.69) is 32.7 Å². The number of nitrogens with one attached hydrogen (secondary N) is 2. The summed E-state index contributed by atoms with van der Waals surface area (Å²) in [6, 6.07) is 8.20. The van der Waals surface area contributed by atoms with Gasteiger partial charge in [0.1, 0.15) is 11.9 Å². The second-order valence-corrected chi connectivity index (χ2v) is 6.16. The summed E-state index contributed by atoms with van der Waals surface area (Å²) in [5, 5.41) is 6.64. The standard InChI is InChI=1S/C16H20N4OS/c1-11-15(22-10-20-11)9-19-16(17-2)18-8-13-7-12-5-3-4-6-14(12)21-13/h3-6,10,13H,7-9H2,1-2H3,(H2,17,18,19). The van der Waals surface area contributed by atoms with Crippen LogP contribution in [0, 0.1) is 6.92 Å². The van der Waals surface area contributed by atoms with E-state index in [-0.39, 0.29) is 6.10 Å². The maximum Gasteiger partial charge on any atom is 0.191 e. The average Bonchev–Trinajstić information content (AvgIpc) is 3.13. The zero-order chi connectivity index (χ0) is 15.4. The fraction of sp³-hybridized carbons (Fsp3) is 0.375. The normalized spacial score (nSPS) is 17.0. The van der Waals surface area contributed by atoms with Crippen molar-refractivity contribution in [3.8, 4) is 5.75 Å². The van der Waals surface area contributed by atoms with Gasteiger partial charge in [-0.1, -0.05) is 18.2 Å². The number of fused-ring (bicyclic) bond motifs is 1. The van der Waals surface area contributed by atoms with E-state index in [9.17, 15) is 0 Å². The number of nitrogens with zero attached hydrogens (tertiary/aromatic N) is 2. The van der Waals surface area contributed by atoms with Gasteiger partial charge in [-0.05, 0) is 18.6 Å². The largest absolute Gasteiger partial charge is 0.488 e. The topological polar surface area (TPSA) is 58.5 Å². The SMILES string of the molecule is CN=C(NCc1scnc1C)NCC1Cc2ccccc2O1. The summed E-state index contributed by atoms with van der Waals surface area (Å²) in [4.78, 5) is 9.73. The molecule has 2 N–H and O–H groups in total. The number of thiazole rings is 1. The molecule has 2 heterocycles. The number of para-hydroxylation sites is 1. The molecule has 1 unspecified atom stereocenters. The van der Waals surface area contributed by atoms with Crippen molar-refractivity contribution in [2.45, 2.75) is 26.0 Å². The second-order valence-electron chi connectivity index (χ2n) is 5.22. The highest BCUT2D eigenvalue weighted by molar-refractivity contribution is 7.09. The number of hydrogen-bond acceptors (Lipinski definition) is 4. The Morgan fingerprint density at radius 3 is 3.00 bits per heavy atom. The molecule has 1 aromatic heterocycles. The van der Waals surface area contributed by atoms with E-state index in [0.29, 0.717) is 0 Å². The molecule has 0 radical (unpaired) electrons. The number of aliphatic imine (C=N–C) groups is 1. The van der Waals surface area contributed by atoms with Crippen molar-refractivity contribution in [1.82, 2.24) is 15.6 Å². The van der Waals surface area contributed by atoms with Crippen LogP contribution in [0.5, 0.6) is 5.75 Å². The summed E-state index contributed by atoms with van der Waals surface area (Å²) in [5.41, 5.74) is 4.21. The third-order valence-corrected chi connectivity index (χ3v) is 4.63. The zero-order valence-corrected chi connectivity index (χ0v) is 13.6. The minimum Gasteiger partial charge on any atom is -0.488 e. The average molecular weight is 316 g/mol. The molecule has 0 aliphatic carbocycles. The van der Waals surface area contributed by atoms with E-state index in [1.54, 1.807) is 18.4 Å². The van der Waals surface area contributed by atoms with E-state index in [1.165, 1.54) is 10.4 Å². The van der Waals surface area contributed by atoms with Gasteiger partial charge in [0.25, 0.3) is 0 Å². The lowest BCUT2D eigenvalue weighted by Gasteiger charge is -2.15. The van der Waals surface area contributed by atoms with Crippen molar-refractivity contribution >= 4 is 17.3 Å². The Kier molecular flexibility index (Phi) is 4.58. The Morgan fingerprint density at radius 2 is 2.27 bits per heavy atom. The van der Waals surface area contributed by atoms with Gasteiger partial charge in [-0.3, -0.25) is 4.99 Å². The molecule has 0 bridgehead atoms. The van der Waals surface area contributed by atoms with Gasteiger partial charge in [-0.2, -0.15) is 0 Å². The molecule has 116 valence electrons. The minimum atomic E-state index is 0.154. The van der Waals surface area contributed by atoms with Crippen LogP contribution in [0.25, 0.3) is 0 Å². The van der Waals surface area contributed by atoms with Crippen molar-refractivity contribution in [2.24, 2.45) is 4.99 Å². The second kappa shape index (κ2) is 6.79. The smallest absolute Gasteiger partial charge is 0.191 e. The summed E-state index contributed by atoms with van der Waals surface area (Å²) in [7, 11) is 1.78. The highest BCUT2D eigenvalue weighted by Gasteiger charge is 2.22. The highest BCUT2D eigenvalue weighted by Crippen LogP contribution is 2.27. The molecule has 3 rings (SSSR count). The third-order valence-electron chi connectivity index (χ3n) is 3.70. The number of hydrogen-bond donors (Lipinski definition) is 2. The summed E-state index contributed by atoms with van der Waals surface area (Å²) < 4.78 is 5.92. The lowest BCUT2D eigenvalue weighted by molar-refractivity contribution is 0.235. The first-order chi connectivity index (χ1) is 10.8. The van der Waals surface area contributed by atoms with Crippen molar-refractivity contribution in [3.63, 3.8) is 0 Å². The number of benzene rings is 1. The molecule has 1 aliphatic heterocycles. The van der Waals surface area contributed by atoms with E-state index in [0.717, 1.165) is 36.9 Å². The van der Waals surface area contributed by atoms with Crippen molar-refractivity contribution in [1.29, 1.82) is 0 Å². The molecule has 0 saturated carbocycles. The molecule has 0 saturated heterocycles. The first kappa shape index (κ1) is 14.8. The predicted octanol–water partition coefficient (Wildman–Crippen LogP) is 2.12.